The number of nitro groups is 1. The van der Waals surface area contributed by atoms with Gasteiger partial charge in [0.2, 0.25) is 0 Å². The highest BCUT2D eigenvalue weighted by atomic mass is 35.5. The molecule has 0 aliphatic heterocycles. The molecule has 4 rings (SSSR count). The summed E-state index contributed by atoms with van der Waals surface area (Å²) in [5.41, 5.74) is 1.73. The van der Waals surface area contributed by atoms with E-state index in [-0.39, 0.29) is 29.0 Å². The molecular weight excluding hydrogens is 516 g/mol. The van der Waals surface area contributed by atoms with E-state index in [2.05, 4.69) is 15.5 Å². The molecule has 0 radical (unpaired) electrons. The molecule has 1 N–H and O–H groups in total. The summed E-state index contributed by atoms with van der Waals surface area (Å²) in [5, 5.41) is 23.4. The fraction of sp³-hybridized carbons (Fsp3) is 0.0870. The maximum Gasteiger partial charge on any atom is 0.269 e. The Kier molecular flexibility index (Phi) is 7.64. The Hall–Kier alpha value is -3.47. The van der Waals surface area contributed by atoms with Crippen molar-refractivity contribution in [3.8, 4) is 5.69 Å². The minimum absolute atomic E-state index is 0.0280. The molecule has 0 fully saturated rings. The Balaban J connectivity index is 1.59. The number of nitrogens with zero attached hydrogens (tertiary/aromatic N) is 4. The van der Waals surface area contributed by atoms with Gasteiger partial charge in [0.05, 0.1) is 21.5 Å². The molecule has 0 aliphatic carbocycles. The van der Waals surface area contributed by atoms with Crippen molar-refractivity contribution in [3.63, 3.8) is 0 Å². The molecule has 3 aromatic carbocycles. The largest absolute Gasteiger partial charge is 0.345 e. The number of non-ortho nitro benzene ring substituents is 1. The van der Waals surface area contributed by atoms with E-state index >= 15 is 0 Å². The number of hydrogen-bond donors (Lipinski definition) is 1. The molecule has 0 unspecified atom stereocenters. The number of carbonyl (C=O) groups excluding carboxylic acids is 1. The molecule has 0 bridgehead atoms. The lowest BCUT2D eigenvalue weighted by Gasteiger charge is -2.11. The smallest absolute Gasteiger partial charge is 0.269 e. The summed E-state index contributed by atoms with van der Waals surface area (Å²) in [6.45, 7) is 0.0280. The quantitative estimate of drug-likeness (QED) is 0.174. The standard InChI is InChI=1S/C23H16Cl2FN5O3S/c24-19-10-3-15(11-20(19)25)22(32)27-12-21-28-29-23(35-13-14-1-4-16(26)5-2-14)30(21)17-6-8-18(9-7-17)31(33)34/h1-11H,12-13H2,(H,27,32). The summed E-state index contributed by atoms with van der Waals surface area (Å²) >= 11 is 13.3. The number of thioether (sulfide) groups is 1. The van der Waals surface area contributed by atoms with Gasteiger partial charge in [-0.2, -0.15) is 0 Å². The van der Waals surface area contributed by atoms with Crippen LogP contribution >= 0.6 is 35.0 Å². The fourth-order valence-electron chi connectivity index (χ4n) is 3.12. The van der Waals surface area contributed by atoms with Crippen LogP contribution in [0.15, 0.2) is 71.9 Å². The Morgan fingerprint density at radius 2 is 1.74 bits per heavy atom. The Morgan fingerprint density at radius 1 is 1.03 bits per heavy atom. The van der Waals surface area contributed by atoms with Gasteiger partial charge >= 0.3 is 0 Å². The lowest BCUT2D eigenvalue weighted by atomic mass is 10.2. The first-order chi connectivity index (χ1) is 16.8. The second-order valence-electron chi connectivity index (χ2n) is 7.23. The zero-order valence-electron chi connectivity index (χ0n) is 17.8. The minimum atomic E-state index is -0.488. The normalized spacial score (nSPS) is 10.8. The lowest BCUT2D eigenvalue weighted by molar-refractivity contribution is -0.384. The zero-order valence-corrected chi connectivity index (χ0v) is 20.1. The van der Waals surface area contributed by atoms with Crippen LogP contribution in [0.4, 0.5) is 10.1 Å². The molecule has 35 heavy (non-hydrogen) atoms. The first kappa shape index (κ1) is 24.6. The molecule has 0 saturated carbocycles. The third-order valence-corrected chi connectivity index (χ3v) is 6.63. The van der Waals surface area contributed by atoms with Gasteiger partial charge in [0, 0.05) is 29.1 Å². The molecule has 12 heteroatoms. The number of nitrogens with one attached hydrogen (secondary N) is 1. The molecule has 178 valence electrons. The molecule has 0 spiro atoms. The van der Waals surface area contributed by atoms with E-state index in [9.17, 15) is 19.3 Å². The van der Waals surface area contributed by atoms with Crippen LogP contribution in [-0.2, 0) is 12.3 Å². The number of rotatable bonds is 8. The van der Waals surface area contributed by atoms with Crippen LogP contribution in [0.3, 0.4) is 0 Å². The summed E-state index contributed by atoms with van der Waals surface area (Å²) in [4.78, 5) is 23.2. The number of nitro benzene ring substituents is 1. The van der Waals surface area contributed by atoms with E-state index in [1.807, 2.05) is 0 Å². The third-order valence-electron chi connectivity index (χ3n) is 4.89. The van der Waals surface area contributed by atoms with Crippen LogP contribution in [0.5, 0.6) is 0 Å². The maximum absolute atomic E-state index is 13.2. The van der Waals surface area contributed by atoms with Gasteiger partial charge in [-0.15, -0.1) is 10.2 Å². The molecule has 1 aromatic heterocycles. The average Bonchev–Trinajstić information content (AvgIpc) is 3.26. The molecule has 1 amide bonds. The van der Waals surface area contributed by atoms with E-state index in [1.54, 1.807) is 34.9 Å². The van der Waals surface area contributed by atoms with E-state index in [1.165, 1.54) is 48.2 Å². The summed E-state index contributed by atoms with van der Waals surface area (Å²) in [7, 11) is 0. The number of amides is 1. The number of carbonyl (C=O) groups is 1. The van der Waals surface area contributed by atoms with Gasteiger partial charge in [0.25, 0.3) is 11.6 Å². The lowest BCUT2D eigenvalue weighted by Crippen LogP contribution is -2.24. The number of benzene rings is 3. The number of aromatic nitrogens is 3. The number of hydrogen-bond acceptors (Lipinski definition) is 6. The highest BCUT2D eigenvalue weighted by molar-refractivity contribution is 7.98. The van der Waals surface area contributed by atoms with Crippen LogP contribution in [0.25, 0.3) is 5.69 Å². The van der Waals surface area contributed by atoms with Gasteiger partial charge in [0.15, 0.2) is 11.0 Å². The van der Waals surface area contributed by atoms with Crippen LogP contribution in [-0.4, -0.2) is 25.6 Å². The second-order valence-corrected chi connectivity index (χ2v) is 8.99. The summed E-state index contributed by atoms with van der Waals surface area (Å²) < 4.78 is 14.9. The second kappa shape index (κ2) is 10.9. The molecule has 0 saturated heterocycles. The van der Waals surface area contributed by atoms with Crippen LogP contribution in [0, 0.1) is 15.9 Å². The van der Waals surface area contributed by atoms with Gasteiger partial charge in [0.1, 0.15) is 5.82 Å². The Morgan fingerprint density at radius 3 is 2.40 bits per heavy atom. The van der Waals surface area contributed by atoms with Crippen LogP contribution in [0.1, 0.15) is 21.7 Å². The van der Waals surface area contributed by atoms with Crippen molar-refractivity contribution >= 4 is 46.6 Å². The molecule has 8 nitrogen and oxygen atoms in total. The summed E-state index contributed by atoms with van der Waals surface area (Å²) in [5.74, 6) is 0.185. The first-order valence-corrected chi connectivity index (χ1v) is 11.9. The van der Waals surface area contributed by atoms with Crippen LogP contribution in [0.2, 0.25) is 10.0 Å². The SMILES string of the molecule is O=C(NCc1nnc(SCc2ccc(F)cc2)n1-c1ccc([N+](=O)[O-])cc1)c1ccc(Cl)c(Cl)c1. The minimum Gasteiger partial charge on any atom is -0.345 e. The predicted octanol–water partition coefficient (Wildman–Crippen LogP) is 5.84. The van der Waals surface area contributed by atoms with Crippen molar-refractivity contribution in [1.29, 1.82) is 0 Å². The third kappa shape index (κ3) is 5.97. The van der Waals surface area contributed by atoms with Gasteiger partial charge < -0.3 is 5.32 Å². The highest BCUT2D eigenvalue weighted by Gasteiger charge is 2.17. The van der Waals surface area contributed by atoms with Crippen molar-refractivity contribution in [3.05, 3.63) is 110 Å². The van der Waals surface area contributed by atoms with Crippen molar-refractivity contribution in [2.24, 2.45) is 0 Å². The first-order valence-electron chi connectivity index (χ1n) is 10.1. The van der Waals surface area contributed by atoms with Crippen molar-refractivity contribution in [2.75, 3.05) is 0 Å². The number of halogens is 3. The molecule has 0 atom stereocenters. The van der Waals surface area contributed by atoms with Gasteiger partial charge in [-0.1, -0.05) is 47.1 Å². The van der Waals surface area contributed by atoms with Gasteiger partial charge in [-0.05, 0) is 48.0 Å². The molecule has 0 aliphatic rings. The van der Waals surface area contributed by atoms with Gasteiger partial charge in [-0.3, -0.25) is 19.5 Å². The highest BCUT2D eigenvalue weighted by Crippen LogP contribution is 2.27. The molecule has 4 aromatic rings. The van der Waals surface area contributed by atoms with Crippen molar-refractivity contribution in [2.45, 2.75) is 17.5 Å². The topological polar surface area (TPSA) is 103 Å². The molecule has 1 heterocycles. The summed E-state index contributed by atoms with van der Waals surface area (Å²) in [6, 6.07) is 16.6. The zero-order chi connectivity index (χ0) is 24.9. The van der Waals surface area contributed by atoms with Crippen molar-refractivity contribution in [1.82, 2.24) is 20.1 Å². The summed E-state index contributed by atoms with van der Waals surface area (Å²) in [6.07, 6.45) is 0. The monoisotopic (exact) mass is 531 g/mol. The van der Waals surface area contributed by atoms with Crippen LogP contribution < -0.4 is 5.32 Å². The van der Waals surface area contributed by atoms with E-state index < -0.39 is 4.92 Å². The Bertz CT molecular complexity index is 1380. The van der Waals surface area contributed by atoms with Gasteiger partial charge in [-0.25, -0.2) is 4.39 Å². The predicted molar refractivity (Wildman–Crippen MR) is 132 cm³/mol. The van der Waals surface area contributed by atoms with Crippen molar-refractivity contribution < 1.29 is 14.1 Å². The average molecular weight is 532 g/mol. The molecular formula is C23H16Cl2FN5O3S. The fourth-order valence-corrected chi connectivity index (χ4v) is 4.34. The van der Waals surface area contributed by atoms with E-state index in [0.29, 0.717) is 33.0 Å². The maximum atomic E-state index is 13.2. The Labute approximate surface area is 213 Å². The van der Waals surface area contributed by atoms with E-state index in [0.717, 1.165) is 5.56 Å². The van der Waals surface area contributed by atoms with E-state index in [4.69, 9.17) is 23.2 Å².